The highest BCUT2D eigenvalue weighted by atomic mass is 16.6. The number of amides is 2. The average Bonchev–Trinajstić information content (AvgIpc) is 3.22. The van der Waals surface area contributed by atoms with Gasteiger partial charge in [0.1, 0.15) is 18.8 Å². The molecule has 1 N–H and O–H groups in total. The number of nitrogens with zero attached hydrogens (tertiary/aromatic N) is 1. The molecule has 0 aromatic heterocycles. The first-order valence-electron chi connectivity index (χ1n) is 12.4. The quantitative estimate of drug-likeness (QED) is 0.207. The van der Waals surface area contributed by atoms with E-state index in [0.717, 1.165) is 0 Å². The largest absolute Gasteiger partial charge is 0.458 e. The van der Waals surface area contributed by atoms with Gasteiger partial charge in [0, 0.05) is 12.0 Å². The van der Waals surface area contributed by atoms with E-state index in [1.807, 2.05) is 12.1 Å². The lowest BCUT2D eigenvalue weighted by molar-refractivity contribution is -0.166. The van der Waals surface area contributed by atoms with Crippen LogP contribution in [0.2, 0.25) is 0 Å². The minimum atomic E-state index is -2.25. The van der Waals surface area contributed by atoms with Crippen LogP contribution in [0.3, 0.4) is 0 Å². The Morgan fingerprint density at radius 2 is 1.36 bits per heavy atom. The van der Waals surface area contributed by atoms with Crippen molar-refractivity contribution in [2.75, 3.05) is 0 Å². The highest BCUT2D eigenvalue weighted by Crippen LogP contribution is 2.37. The molecule has 3 aromatic rings. The van der Waals surface area contributed by atoms with E-state index in [1.165, 1.54) is 0 Å². The zero-order valence-electron chi connectivity index (χ0n) is 22.0. The van der Waals surface area contributed by atoms with E-state index in [2.05, 4.69) is 5.43 Å². The summed E-state index contributed by atoms with van der Waals surface area (Å²) in [6.07, 6.45) is -2.40. The van der Waals surface area contributed by atoms with Crippen LogP contribution in [0.25, 0.3) is 0 Å². The number of rotatable bonds is 6. The lowest BCUT2D eigenvalue weighted by Crippen LogP contribution is -2.68. The normalized spacial score (nSPS) is 16.1. The molecule has 0 bridgehead atoms. The van der Waals surface area contributed by atoms with Crippen LogP contribution in [0.4, 0.5) is 9.59 Å². The van der Waals surface area contributed by atoms with Crippen LogP contribution in [0.15, 0.2) is 84.9 Å². The predicted molar refractivity (Wildman–Crippen MR) is 141 cm³/mol. The van der Waals surface area contributed by atoms with E-state index in [0.29, 0.717) is 21.7 Å². The molecule has 4 rings (SSSR count). The van der Waals surface area contributed by atoms with Crippen molar-refractivity contribution in [3.05, 3.63) is 107 Å². The first-order chi connectivity index (χ1) is 18.6. The maximum absolute atomic E-state index is 13.9. The van der Waals surface area contributed by atoms with Crippen LogP contribution in [-0.2, 0) is 38.6 Å². The van der Waals surface area contributed by atoms with Crippen molar-refractivity contribution in [1.82, 2.24) is 10.4 Å². The monoisotopic (exact) mass is 530 g/mol. The minimum Gasteiger partial charge on any atom is -0.458 e. The Labute approximate surface area is 226 Å². The summed E-state index contributed by atoms with van der Waals surface area (Å²) >= 11 is 0. The van der Waals surface area contributed by atoms with E-state index in [9.17, 15) is 19.2 Å². The van der Waals surface area contributed by atoms with Gasteiger partial charge in [0.05, 0.1) is 0 Å². The third kappa shape index (κ3) is 6.26. The molecule has 9 nitrogen and oxygen atoms in total. The summed E-state index contributed by atoms with van der Waals surface area (Å²) in [7, 11) is 0. The molecule has 39 heavy (non-hydrogen) atoms. The number of ether oxygens (including phenoxy) is 3. The van der Waals surface area contributed by atoms with Crippen LogP contribution in [0, 0.1) is 0 Å². The summed E-state index contributed by atoms with van der Waals surface area (Å²) in [5.74, 6) is -1.71. The van der Waals surface area contributed by atoms with Crippen molar-refractivity contribution in [3.8, 4) is 0 Å². The molecule has 0 spiro atoms. The molecule has 2 amide bonds. The van der Waals surface area contributed by atoms with Gasteiger partial charge >= 0.3 is 18.2 Å². The van der Waals surface area contributed by atoms with E-state index in [1.54, 1.807) is 93.6 Å². The van der Waals surface area contributed by atoms with Gasteiger partial charge in [0.2, 0.25) is 11.3 Å². The molecule has 0 heterocycles. The second kappa shape index (κ2) is 11.4. The molecule has 1 aliphatic carbocycles. The molecule has 202 valence electrons. The van der Waals surface area contributed by atoms with Crippen molar-refractivity contribution in [3.63, 3.8) is 0 Å². The molecule has 1 atom stereocenters. The van der Waals surface area contributed by atoms with Crippen molar-refractivity contribution >= 4 is 23.9 Å². The van der Waals surface area contributed by atoms with Gasteiger partial charge in [-0.25, -0.2) is 19.8 Å². The molecule has 0 aliphatic heterocycles. The molecule has 1 aliphatic rings. The molecule has 0 radical (unpaired) electrons. The molecular formula is C30H30N2O7. The number of carbonyl (C=O) groups excluding carboxylic acids is 4. The summed E-state index contributed by atoms with van der Waals surface area (Å²) < 4.78 is 16.4. The number of esters is 1. The second-order valence-corrected chi connectivity index (χ2v) is 10.1. The zero-order valence-corrected chi connectivity index (χ0v) is 22.0. The standard InChI is InChI=1S/C30H30N2O7/c1-29(2,3)39-26(34)30(18-23-16-10-11-17-24(23)25(30)33)32(28(36)38-20-22-14-8-5-9-15-22)31-27(35)37-19-21-12-6-4-7-13-21/h4-17H,18-20H2,1-3H3,(H,31,35)/t30-/m0/s1. The third-order valence-electron chi connectivity index (χ3n) is 6.01. The highest BCUT2D eigenvalue weighted by Gasteiger charge is 2.61. The number of hydrogen-bond acceptors (Lipinski definition) is 7. The fourth-order valence-corrected chi connectivity index (χ4v) is 4.20. The van der Waals surface area contributed by atoms with Gasteiger partial charge in [-0.3, -0.25) is 4.79 Å². The summed E-state index contributed by atoms with van der Waals surface area (Å²) in [6.45, 7) is 4.66. The van der Waals surface area contributed by atoms with E-state index in [-0.39, 0.29) is 25.2 Å². The Hall–Kier alpha value is -4.66. The van der Waals surface area contributed by atoms with Gasteiger partial charge in [-0.1, -0.05) is 84.9 Å². The molecule has 0 fully saturated rings. The van der Waals surface area contributed by atoms with Crippen molar-refractivity contribution in [1.29, 1.82) is 0 Å². The number of benzene rings is 3. The van der Waals surface area contributed by atoms with Crippen LogP contribution >= 0.6 is 0 Å². The Morgan fingerprint density at radius 3 is 1.92 bits per heavy atom. The van der Waals surface area contributed by atoms with Gasteiger partial charge in [0.15, 0.2) is 0 Å². The zero-order chi connectivity index (χ0) is 28.0. The van der Waals surface area contributed by atoms with Gasteiger partial charge in [-0.15, -0.1) is 0 Å². The van der Waals surface area contributed by atoms with E-state index in [4.69, 9.17) is 14.2 Å². The summed E-state index contributed by atoms with van der Waals surface area (Å²) in [4.78, 5) is 54.1. The fraction of sp³-hybridized carbons (Fsp3) is 0.267. The number of carbonyl (C=O) groups is 4. The second-order valence-electron chi connectivity index (χ2n) is 10.1. The first-order valence-corrected chi connectivity index (χ1v) is 12.4. The third-order valence-corrected chi connectivity index (χ3v) is 6.01. The number of fused-ring (bicyclic) bond motifs is 1. The topological polar surface area (TPSA) is 111 Å². The average molecular weight is 531 g/mol. The maximum atomic E-state index is 13.9. The number of hydrogen-bond donors (Lipinski definition) is 1. The number of ketones is 1. The summed E-state index contributed by atoms with van der Waals surface area (Å²) in [6, 6.07) is 24.4. The van der Waals surface area contributed by atoms with Gasteiger partial charge in [0.25, 0.3) is 0 Å². The van der Waals surface area contributed by atoms with Crippen LogP contribution in [-0.4, -0.2) is 40.1 Å². The Balaban J connectivity index is 1.68. The van der Waals surface area contributed by atoms with Crippen molar-refractivity contribution < 1.29 is 33.4 Å². The van der Waals surface area contributed by atoms with Crippen molar-refractivity contribution in [2.45, 2.75) is 51.5 Å². The number of hydrazine groups is 1. The van der Waals surface area contributed by atoms with Crippen LogP contribution in [0.1, 0.15) is 47.8 Å². The fourth-order valence-electron chi connectivity index (χ4n) is 4.20. The predicted octanol–water partition coefficient (Wildman–Crippen LogP) is 4.99. The van der Waals surface area contributed by atoms with Crippen molar-refractivity contribution in [2.24, 2.45) is 0 Å². The summed E-state index contributed by atoms with van der Waals surface area (Å²) in [5.41, 5.74) is 1.21. The van der Waals surface area contributed by atoms with E-state index < -0.39 is 35.1 Å². The summed E-state index contributed by atoms with van der Waals surface area (Å²) in [5, 5.41) is 0.611. The lowest BCUT2D eigenvalue weighted by atomic mass is 9.93. The maximum Gasteiger partial charge on any atom is 0.430 e. The van der Waals surface area contributed by atoms with Gasteiger partial charge in [-0.05, 0) is 37.5 Å². The SMILES string of the molecule is CC(C)(C)OC(=O)[C@]1(N(NC(=O)OCc2ccccc2)C(=O)OCc2ccccc2)Cc2ccccc2C1=O. The van der Waals surface area contributed by atoms with Gasteiger partial charge < -0.3 is 14.2 Å². The Morgan fingerprint density at radius 1 is 0.821 bits per heavy atom. The van der Waals surface area contributed by atoms with E-state index >= 15 is 0 Å². The number of nitrogens with one attached hydrogen (secondary N) is 1. The minimum absolute atomic E-state index is 0.104. The van der Waals surface area contributed by atoms with Crippen LogP contribution in [0.5, 0.6) is 0 Å². The molecule has 3 aromatic carbocycles. The Bertz CT molecular complexity index is 1350. The lowest BCUT2D eigenvalue weighted by Gasteiger charge is -2.37. The van der Waals surface area contributed by atoms with Crippen LogP contribution < -0.4 is 5.43 Å². The molecular weight excluding hydrogens is 500 g/mol. The smallest absolute Gasteiger partial charge is 0.430 e. The molecule has 0 saturated heterocycles. The Kier molecular flexibility index (Phi) is 7.99. The molecule has 0 unspecified atom stereocenters. The first kappa shape index (κ1) is 27.4. The molecule has 0 saturated carbocycles. The van der Waals surface area contributed by atoms with Gasteiger partial charge in [-0.2, -0.15) is 5.01 Å². The number of Topliss-reactive ketones (excluding diaryl/α,β-unsaturated/α-hetero) is 1. The molecule has 9 heteroatoms. The highest BCUT2D eigenvalue weighted by molar-refractivity contribution is 6.21.